The highest BCUT2D eigenvalue weighted by Crippen LogP contribution is 2.11. The fourth-order valence-electron chi connectivity index (χ4n) is 1.82. The van der Waals surface area contributed by atoms with Gasteiger partial charge in [0, 0.05) is 17.5 Å². The molecule has 1 atom stereocenters. The third kappa shape index (κ3) is 6.62. The highest BCUT2D eigenvalue weighted by Gasteiger charge is 2.03. The van der Waals surface area contributed by atoms with Crippen LogP contribution in [0.2, 0.25) is 5.02 Å². The summed E-state index contributed by atoms with van der Waals surface area (Å²) in [5, 5.41) is 4.20. The number of carbonyl (C=O) groups excluding carboxylic acids is 1. The molecule has 0 aliphatic heterocycles. The van der Waals surface area contributed by atoms with E-state index in [4.69, 9.17) is 17.3 Å². The highest BCUT2D eigenvalue weighted by atomic mass is 35.5. The first-order chi connectivity index (χ1) is 8.58. The minimum atomic E-state index is -0.218. The van der Waals surface area contributed by atoms with Crippen LogP contribution in [0.1, 0.15) is 31.7 Å². The monoisotopic (exact) mass is 268 g/mol. The van der Waals surface area contributed by atoms with Gasteiger partial charge in [-0.25, -0.2) is 0 Å². The predicted octanol–water partition coefficient (Wildman–Crippen LogP) is 2.52. The summed E-state index contributed by atoms with van der Waals surface area (Å²) in [6.07, 6.45) is 3.30. The van der Waals surface area contributed by atoms with Crippen molar-refractivity contribution in [1.82, 2.24) is 5.32 Å². The molecule has 0 fully saturated rings. The highest BCUT2D eigenvalue weighted by molar-refractivity contribution is 6.30. The van der Waals surface area contributed by atoms with Crippen molar-refractivity contribution < 1.29 is 4.79 Å². The standard InChI is InChI=1S/C14H21ClN2O/c1-11(17-9-3-2-4-14(16)18)10-12-5-7-13(15)8-6-12/h5-8,11,17H,2-4,9-10H2,1H3,(H2,16,18). The van der Waals surface area contributed by atoms with Crippen molar-refractivity contribution in [2.45, 2.75) is 38.6 Å². The molecule has 0 spiro atoms. The Labute approximate surface area is 114 Å². The van der Waals surface area contributed by atoms with Crippen LogP contribution in [0.25, 0.3) is 0 Å². The molecule has 0 bridgehead atoms. The summed E-state index contributed by atoms with van der Waals surface area (Å²) in [7, 11) is 0. The van der Waals surface area contributed by atoms with Gasteiger partial charge in [0.05, 0.1) is 0 Å². The van der Waals surface area contributed by atoms with Crippen molar-refractivity contribution in [2.75, 3.05) is 6.54 Å². The average molecular weight is 269 g/mol. The van der Waals surface area contributed by atoms with E-state index in [-0.39, 0.29) is 5.91 Å². The third-order valence-corrected chi connectivity index (χ3v) is 3.05. The van der Waals surface area contributed by atoms with Gasteiger partial charge in [-0.2, -0.15) is 0 Å². The topological polar surface area (TPSA) is 55.1 Å². The number of nitrogens with one attached hydrogen (secondary N) is 1. The second-order valence-electron chi connectivity index (χ2n) is 4.61. The molecule has 0 heterocycles. The zero-order valence-electron chi connectivity index (χ0n) is 10.8. The molecule has 3 nitrogen and oxygen atoms in total. The molecule has 0 aliphatic carbocycles. The number of benzene rings is 1. The van der Waals surface area contributed by atoms with E-state index in [1.54, 1.807) is 0 Å². The van der Waals surface area contributed by atoms with Gasteiger partial charge >= 0.3 is 0 Å². The molecule has 1 aromatic rings. The Morgan fingerprint density at radius 3 is 2.61 bits per heavy atom. The van der Waals surface area contributed by atoms with Crippen LogP contribution in [0.5, 0.6) is 0 Å². The summed E-state index contributed by atoms with van der Waals surface area (Å²) in [6, 6.07) is 8.34. The first kappa shape index (κ1) is 15.0. The van der Waals surface area contributed by atoms with Crippen LogP contribution in [0.3, 0.4) is 0 Å². The van der Waals surface area contributed by atoms with E-state index in [2.05, 4.69) is 12.2 Å². The summed E-state index contributed by atoms with van der Waals surface area (Å²) in [5.74, 6) is -0.218. The van der Waals surface area contributed by atoms with Crippen molar-refractivity contribution in [1.29, 1.82) is 0 Å². The van der Waals surface area contributed by atoms with E-state index < -0.39 is 0 Å². The molecule has 0 aromatic heterocycles. The van der Waals surface area contributed by atoms with Crippen LogP contribution >= 0.6 is 11.6 Å². The maximum Gasteiger partial charge on any atom is 0.217 e. The van der Waals surface area contributed by atoms with Gasteiger partial charge in [-0.05, 0) is 50.4 Å². The predicted molar refractivity (Wildman–Crippen MR) is 75.7 cm³/mol. The second kappa shape index (κ2) is 8.11. The number of amides is 1. The summed E-state index contributed by atoms with van der Waals surface area (Å²) < 4.78 is 0. The van der Waals surface area contributed by atoms with Crippen LogP contribution in [0, 0.1) is 0 Å². The number of carbonyl (C=O) groups is 1. The van der Waals surface area contributed by atoms with Gasteiger partial charge in [-0.1, -0.05) is 23.7 Å². The lowest BCUT2D eigenvalue weighted by atomic mass is 10.1. The minimum absolute atomic E-state index is 0.218. The summed E-state index contributed by atoms with van der Waals surface area (Å²) >= 11 is 5.84. The van der Waals surface area contributed by atoms with E-state index in [1.165, 1.54) is 5.56 Å². The number of hydrogen-bond donors (Lipinski definition) is 2. The van der Waals surface area contributed by atoms with Crippen LogP contribution in [0.4, 0.5) is 0 Å². The smallest absolute Gasteiger partial charge is 0.217 e. The fraction of sp³-hybridized carbons (Fsp3) is 0.500. The third-order valence-electron chi connectivity index (χ3n) is 2.80. The van der Waals surface area contributed by atoms with E-state index in [0.29, 0.717) is 12.5 Å². The van der Waals surface area contributed by atoms with Crippen LogP contribution in [-0.4, -0.2) is 18.5 Å². The van der Waals surface area contributed by atoms with Crippen molar-refractivity contribution in [3.63, 3.8) is 0 Å². The SMILES string of the molecule is CC(Cc1ccc(Cl)cc1)NCCCCC(N)=O. The molecule has 18 heavy (non-hydrogen) atoms. The number of nitrogens with two attached hydrogens (primary N) is 1. The number of rotatable bonds is 8. The molecule has 1 amide bonds. The second-order valence-corrected chi connectivity index (χ2v) is 5.05. The Kier molecular flexibility index (Phi) is 6.76. The van der Waals surface area contributed by atoms with Crippen LogP contribution < -0.4 is 11.1 Å². The van der Waals surface area contributed by atoms with Crippen molar-refractivity contribution >= 4 is 17.5 Å². The van der Waals surface area contributed by atoms with Gasteiger partial charge in [0.1, 0.15) is 0 Å². The largest absolute Gasteiger partial charge is 0.370 e. The van der Waals surface area contributed by atoms with E-state index in [1.807, 2.05) is 24.3 Å². The lowest BCUT2D eigenvalue weighted by Gasteiger charge is -2.13. The summed E-state index contributed by atoms with van der Waals surface area (Å²) in [5.41, 5.74) is 6.35. The maximum absolute atomic E-state index is 10.6. The van der Waals surface area contributed by atoms with E-state index >= 15 is 0 Å². The van der Waals surface area contributed by atoms with Crippen molar-refractivity contribution in [2.24, 2.45) is 5.73 Å². The van der Waals surface area contributed by atoms with Crippen molar-refractivity contribution in [3.05, 3.63) is 34.9 Å². The molecular weight excluding hydrogens is 248 g/mol. The maximum atomic E-state index is 10.6. The Bertz CT molecular complexity index is 365. The fourth-order valence-corrected chi connectivity index (χ4v) is 1.94. The molecule has 0 saturated heterocycles. The molecule has 100 valence electrons. The van der Waals surface area contributed by atoms with Gasteiger partial charge in [-0.15, -0.1) is 0 Å². The Hall–Kier alpha value is -1.06. The Balaban J connectivity index is 2.15. The molecular formula is C14H21ClN2O. The van der Waals surface area contributed by atoms with Crippen LogP contribution in [-0.2, 0) is 11.2 Å². The average Bonchev–Trinajstić information content (AvgIpc) is 2.31. The number of unbranched alkanes of at least 4 members (excludes halogenated alkanes) is 1. The zero-order valence-corrected chi connectivity index (χ0v) is 11.5. The van der Waals surface area contributed by atoms with E-state index in [9.17, 15) is 4.79 Å². The first-order valence-corrected chi connectivity index (χ1v) is 6.72. The number of hydrogen-bond acceptors (Lipinski definition) is 2. The van der Waals surface area contributed by atoms with Gasteiger partial charge in [0.15, 0.2) is 0 Å². The lowest BCUT2D eigenvalue weighted by Crippen LogP contribution is -2.29. The number of primary amides is 1. The van der Waals surface area contributed by atoms with Gasteiger partial charge < -0.3 is 11.1 Å². The lowest BCUT2D eigenvalue weighted by molar-refractivity contribution is -0.118. The quantitative estimate of drug-likeness (QED) is 0.712. The van der Waals surface area contributed by atoms with Gasteiger partial charge in [-0.3, -0.25) is 4.79 Å². The zero-order chi connectivity index (χ0) is 13.4. The molecule has 1 unspecified atom stereocenters. The molecule has 1 aromatic carbocycles. The summed E-state index contributed by atoms with van der Waals surface area (Å²) in [6.45, 7) is 3.07. The normalized spacial score (nSPS) is 12.3. The minimum Gasteiger partial charge on any atom is -0.370 e. The Morgan fingerprint density at radius 1 is 1.33 bits per heavy atom. The van der Waals surface area contributed by atoms with E-state index in [0.717, 1.165) is 30.8 Å². The molecule has 0 saturated carbocycles. The van der Waals surface area contributed by atoms with Gasteiger partial charge in [0.25, 0.3) is 0 Å². The van der Waals surface area contributed by atoms with Crippen LogP contribution in [0.15, 0.2) is 24.3 Å². The number of halogens is 1. The molecule has 4 heteroatoms. The first-order valence-electron chi connectivity index (χ1n) is 6.34. The Morgan fingerprint density at radius 2 is 2.00 bits per heavy atom. The molecule has 1 rings (SSSR count). The molecule has 0 radical (unpaired) electrons. The molecule has 0 aliphatic rings. The van der Waals surface area contributed by atoms with Crippen molar-refractivity contribution in [3.8, 4) is 0 Å². The molecule has 3 N–H and O–H groups in total. The summed E-state index contributed by atoms with van der Waals surface area (Å²) in [4.78, 5) is 10.6. The van der Waals surface area contributed by atoms with Gasteiger partial charge in [0.2, 0.25) is 5.91 Å².